The Balaban J connectivity index is 0. The van der Waals surface area contributed by atoms with Gasteiger partial charge in [-0.2, -0.15) is 8.78 Å². The predicted molar refractivity (Wildman–Crippen MR) is 106 cm³/mol. The first-order valence-electron chi connectivity index (χ1n) is 9.08. The zero-order valence-corrected chi connectivity index (χ0v) is 17.4. The molecule has 0 aliphatic carbocycles. The van der Waals surface area contributed by atoms with E-state index < -0.39 is 6.11 Å². The Morgan fingerprint density at radius 3 is 2.04 bits per heavy atom. The first-order valence-corrected chi connectivity index (χ1v) is 9.08. The Hall–Kier alpha value is -1.42. The largest absolute Gasteiger partial charge is 0.433 e. The molecule has 4 heteroatoms. The molecule has 0 saturated carbocycles. The summed E-state index contributed by atoms with van der Waals surface area (Å²) in [6, 6.07) is 6.99. The van der Waals surface area contributed by atoms with E-state index >= 15 is 0 Å². The van der Waals surface area contributed by atoms with Gasteiger partial charge in [0.25, 0.3) is 0 Å². The van der Waals surface area contributed by atoms with Crippen LogP contribution in [-0.4, -0.2) is 19.2 Å². The fourth-order valence-corrected chi connectivity index (χ4v) is 1.78. The van der Waals surface area contributed by atoms with E-state index in [0.29, 0.717) is 13.0 Å². The summed E-state index contributed by atoms with van der Waals surface area (Å²) in [5.74, 6) is 0.916. The van der Waals surface area contributed by atoms with Crippen molar-refractivity contribution in [1.82, 2.24) is 5.32 Å². The molecule has 0 spiro atoms. The molecule has 0 fully saturated rings. The standard InChI is InChI=1S/C10H21N.C9H10F2O.C2H6/c1-6-8(2)9(3)7-10(4)11-5;1-7-3-5-8(6-4-7)12-9(2,10)11;1-2/h7-8,10-11H,6H2,1-5H3;3-6H,1-2H3;1-2H3/b9-7-;;. The molecule has 1 aromatic carbocycles. The van der Waals surface area contributed by atoms with Crippen LogP contribution in [0.5, 0.6) is 5.75 Å². The number of rotatable bonds is 6. The second kappa shape index (κ2) is 13.8. The van der Waals surface area contributed by atoms with Crippen molar-refractivity contribution in [2.45, 2.75) is 74.0 Å². The van der Waals surface area contributed by atoms with Crippen LogP contribution in [0.25, 0.3) is 0 Å². The number of hydrogen-bond donors (Lipinski definition) is 1. The van der Waals surface area contributed by atoms with Gasteiger partial charge >= 0.3 is 6.11 Å². The van der Waals surface area contributed by atoms with E-state index in [-0.39, 0.29) is 5.75 Å². The quantitative estimate of drug-likeness (QED) is 0.579. The molecule has 1 aromatic rings. The number of ether oxygens (including phenoxy) is 1. The van der Waals surface area contributed by atoms with E-state index in [4.69, 9.17) is 0 Å². The van der Waals surface area contributed by atoms with Crippen LogP contribution in [0.1, 0.15) is 60.5 Å². The van der Waals surface area contributed by atoms with Crippen LogP contribution >= 0.6 is 0 Å². The fourth-order valence-electron chi connectivity index (χ4n) is 1.78. The zero-order valence-electron chi connectivity index (χ0n) is 17.4. The summed E-state index contributed by atoms with van der Waals surface area (Å²) in [4.78, 5) is 0. The maximum absolute atomic E-state index is 12.3. The molecule has 2 atom stereocenters. The van der Waals surface area contributed by atoms with Crippen molar-refractivity contribution < 1.29 is 13.5 Å². The normalized spacial score (nSPS) is 13.6. The molecule has 0 heterocycles. The number of benzene rings is 1. The zero-order chi connectivity index (χ0) is 20.0. The molecule has 1 rings (SSSR count). The van der Waals surface area contributed by atoms with Gasteiger partial charge in [-0.1, -0.05) is 57.0 Å². The van der Waals surface area contributed by atoms with Gasteiger partial charge in [-0.25, -0.2) is 0 Å². The Kier molecular flexibility index (Phi) is 14.3. The number of halogens is 2. The molecule has 1 N–H and O–H groups in total. The molecule has 2 unspecified atom stereocenters. The average Bonchev–Trinajstić information content (AvgIpc) is 2.57. The topological polar surface area (TPSA) is 21.3 Å². The van der Waals surface area contributed by atoms with Crippen molar-refractivity contribution >= 4 is 0 Å². The Labute approximate surface area is 153 Å². The summed E-state index contributed by atoms with van der Waals surface area (Å²) < 4.78 is 28.9. The maximum atomic E-state index is 12.3. The molecule has 0 radical (unpaired) electrons. The van der Waals surface area contributed by atoms with Gasteiger partial charge in [0.2, 0.25) is 0 Å². The monoisotopic (exact) mass is 357 g/mol. The number of hydrogen-bond acceptors (Lipinski definition) is 2. The molecule has 25 heavy (non-hydrogen) atoms. The lowest BCUT2D eigenvalue weighted by atomic mass is 9.98. The van der Waals surface area contributed by atoms with Crippen LogP contribution in [0.15, 0.2) is 35.9 Å². The van der Waals surface area contributed by atoms with Gasteiger partial charge in [0.1, 0.15) is 5.75 Å². The minimum atomic E-state index is -3.10. The lowest BCUT2D eigenvalue weighted by Crippen LogP contribution is -2.19. The highest BCUT2D eigenvalue weighted by atomic mass is 19.3. The number of alkyl halides is 2. The van der Waals surface area contributed by atoms with Gasteiger partial charge in [-0.15, -0.1) is 0 Å². The highest BCUT2D eigenvalue weighted by Crippen LogP contribution is 2.20. The smallest absolute Gasteiger partial charge is 0.394 e. The third-order valence-electron chi connectivity index (χ3n) is 3.68. The lowest BCUT2D eigenvalue weighted by Gasteiger charge is -2.12. The first kappa shape index (κ1) is 25.8. The summed E-state index contributed by atoms with van der Waals surface area (Å²) in [6.07, 6.45) is 0.433. The Morgan fingerprint density at radius 2 is 1.68 bits per heavy atom. The molecular weight excluding hydrogens is 320 g/mol. The second-order valence-electron chi connectivity index (χ2n) is 6.02. The number of nitrogens with one attached hydrogen (secondary N) is 1. The summed E-state index contributed by atoms with van der Waals surface area (Å²) in [7, 11) is 1.99. The fraction of sp³-hybridized carbons (Fsp3) is 0.619. The molecule has 0 saturated heterocycles. The summed E-state index contributed by atoms with van der Waals surface area (Å²) in [6.45, 7) is 15.5. The van der Waals surface area contributed by atoms with Gasteiger partial charge in [0.05, 0.1) is 0 Å². The Bertz CT molecular complexity index is 464. The molecule has 0 bridgehead atoms. The molecule has 2 nitrogen and oxygen atoms in total. The van der Waals surface area contributed by atoms with Gasteiger partial charge in [0, 0.05) is 13.0 Å². The average molecular weight is 358 g/mol. The van der Waals surface area contributed by atoms with E-state index in [9.17, 15) is 8.78 Å². The van der Waals surface area contributed by atoms with E-state index in [1.165, 1.54) is 24.1 Å². The number of likely N-dealkylation sites (N-methyl/N-ethyl adjacent to an activating group) is 1. The third-order valence-corrected chi connectivity index (χ3v) is 3.68. The minimum Gasteiger partial charge on any atom is -0.433 e. The van der Waals surface area contributed by atoms with Crippen molar-refractivity contribution in [1.29, 1.82) is 0 Å². The van der Waals surface area contributed by atoms with Crippen LogP contribution in [-0.2, 0) is 0 Å². The number of allylic oxidation sites excluding steroid dienone is 1. The predicted octanol–water partition coefficient (Wildman–Crippen LogP) is 6.60. The summed E-state index contributed by atoms with van der Waals surface area (Å²) in [5.41, 5.74) is 2.51. The molecule has 0 aliphatic heterocycles. The number of aryl methyl sites for hydroxylation is 1. The highest BCUT2D eigenvalue weighted by molar-refractivity contribution is 5.26. The van der Waals surface area contributed by atoms with E-state index in [1.807, 2.05) is 27.8 Å². The summed E-state index contributed by atoms with van der Waals surface area (Å²) >= 11 is 0. The lowest BCUT2D eigenvalue weighted by molar-refractivity contribution is -0.158. The highest BCUT2D eigenvalue weighted by Gasteiger charge is 2.22. The van der Waals surface area contributed by atoms with Crippen LogP contribution in [0, 0.1) is 12.8 Å². The van der Waals surface area contributed by atoms with Crippen molar-refractivity contribution in [3.8, 4) is 5.75 Å². The summed E-state index contributed by atoms with van der Waals surface area (Å²) in [5, 5.41) is 3.20. The van der Waals surface area contributed by atoms with Crippen LogP contribution < -0.4 is 10.1 Å². The van der Waals surface area contributed by atoms with Gasteiger partial charge in [0.15, 0.2) is 0 Å². The Morgan fingerprint density at radius 1 is 1.20 bits per heavy atom. The van der Waals surface area contributed by atoms with Gasteiger partial charge in [-0.3, -0.25) is 0 Å². The van der Waals surface area contributed by atoms with Crippen molar-refractivity contribution in [3.63, 3.8) is 0 Å². The van der Waals surface area contributed by atoms with E-state index in [0.717, 1.165) is 11.5 Å². The molecular formula is C21H37F2NO. The SMILES string of the molecule is CC.CCC(C)/C(C)=C\C(C)NC.Cc1ccc(OC(C)(F)F)cc1. The maximum Gasteiger partial charge on any atom is 0.394 e. The van der Waals surface area contributed by atoms with Crippen molar-refractivity contribution in [3.05, 3.63) is 41.5 Å². The molecule has 146 valence electrons. The van der Waals surface area contributed by atoms with Crippen LogP contribution in [0.2, 0.25) is 0 Å². The van der Waals surface area contributed by atoms with Crippen LogP contribution in [0.4, 0.5) is 8.78 Å². The van der Waals surface area contributed by atoms with Gasteiger partial charge < -0.3 is 10.1 Å². The van der Waals surface area contributed by atoms with Crippen molar-refractivity contribution in [2.75, 3.05) is 7.05 Å². The molecule has 0 aromatic heterocycles. The molecule has 0 aliphatic rings. The van der Waals surface area contributed by atoms with Gasteiger partial charge in [-0.05, 0) is 52.3 Å². The van der Waals surface area contributed by atoms with Crippen molar-refractivity contribution in [2.24, 2.45) is 5.92 Å². The van der Waals surface area contributed by atoms with E-state index in [2.05, 4.69) is 43.8 Å². The van der Waals surface area contributed by atoms with E-state index in [1.54, 1.807) is 12.1 Å². The minimum absolute atomic E-state index is 0.188. The third kappa shape index (κ3) is 14.6. The first-order chi connectivity index (χ1) is 11.6. The molecule has 0 amide bonds. The second-order valence-corrected chi connectivity index (χ2v) is 6.02. The van der Waals surface area contributed by atoms with Crippen LogP contribution in [0.3, 0.4) is 0 Å².